The van der Waals surface area contributed by atoms with Gasteiger partial charge < -0.3 is 11.1 Å². The summed E-state index contributed by atoms with van der Waals surface area (Å²) in [6.07, 6.45) is 6.64. The van der Waals surface area contributed by atoms with Crippen molar-refractivity contribution in [2.45, 2.75) is 44.2 Å². The molecule has 0 amide bonds. The summed E-state index contributed by atoms with van der Waals surface area (Å²) >= 11 is 0. The molecule has 1 saturated carbocycles. The molecule has 0 radical (unpaired) electrons. The van der Waals surface area contributed by atoms with Gasteiger partial charge in [-0.05, 0) is 30.4 Å². The molecule has 0 bridgehead atoms. The summed E-state index contributed by atoms with van der Waals surface area (Å²) in [6, 6.07) is 9.37. The van der Waals surface area contributed by atoms with Gasteiger partial charge in [0.05, 0.1) is 0 Å². The summed E-state index contributed by atoms with van der Waals surface area (Å²) < 4.78 is 0. The van der Waals surface area contributed by atoms with Crippen molar-refractivity contribution >= 4 is 5.69 Å². The molecule has 86 valence electrons. The zero-order chi connectivity index (χ0) is 11.0. The van der Waals surface area contributed by atoms with Gasteiger partial charge >= 0.3 is 0 Å². The van der Waals surface area contributed by atoms with E-state index in [-0.39, 0.29) is 6.04 Å². The van der Waals surface area contributed by atoms with Crippen molar-refractivity contribution in [1.82, 2.24) is 0 Å². The first-order chi connectivity index (χ1) is 7.86. The first-order valence-corrected chi connectivity index (χ1v) is 6.47. The number of fused-ring (bicyclic) bond motifs is 2. The highest BCUT2D eigenvalue weighted by atomic mass is 15.0. The van der Waals surface area contributed by atoms with Crippen LogP contribution in [0.2, 0.25) is 0 Å². The minimum atomic E-state index is 0.237. The zero-order valence-electron chi connectivity index (χ0n) is 9.65. The van der Waals surface area contributed by atoms with Crippen molar-refractivity contribution < 1.29 is 0 Å². The lowest BCUT2D eigenvalue weighted by molar-refractivity contribution is 0.340. The lowest BCUT2D eigenvalue weighted by Crippen LogP contribution is -2.40. The van der Waals surface area contributed by atoms with E-state index in [0.717, 1.165) is 0 Å². The van der Waals surface area contributed by atoms with Crippen molar-refractivity contribution in [3.8, 4) is 0 Å². The fourth-order valence-electron chi connectivity index (χ4n) is 3.29. The van der Waals surface area contributed by atoms with Crippen LogP contribution in [0.3, 0.4) is 0 Å². The molecular formula is C14H20N2. The first kappa shape index (κ1) is 10.2. The van der Waals surface area contributed by atoms with E-state index in [0.29, 0.717) is 12.0 Å². The molecular weight excluding hydrogens is 196 g/mol. The second-order valence-electron chi connectivity index (χ2n) is 5.17. The number of hydrogen-bond donors (Lipinski definition) is 2. The van der Waals surface area contributed by atoms with E-state index in [1.165, 1.54) is 43.4 Å². The van der Waals surface area contributed by atoms with Crippen molar-refractivity contribution in [3.05, 3.63) is 29.8 Å². The third kappa shape index (κ3) is 1.61. The molecule has 2 heteroatoms. The Morgan fingerprint density at radius 2 is 1.88 bits per heavy atom. The molecule has 1 aromatic carbocycles. The van der Waals surface area contributed by atoms with Crippen LogP contribution in [-0.2, 0) is 0 Å². The predicted octanol–water partition coefficient (Wildman–Crippen LogP) is 3.06. The van der Waals surface area contributed by atoms with E-state index in [1.807, 2.05) is 0 Å². The summed E-state index contributed by atoms with van der Waals surface area (Å²) in [7, 11) is 0. The molecule has 0 saturated heterocycles. The molecule has 1 aliphatic carbocycles. The molecule has 3 atom stereocenters. The van der Waals surface area contributed by atoms with Crippen molar-refractivity contribution in [2.75, 3.05) is 5.32 Å². The number of hydrogen-bond acceptors (Lipinski definition) is 2. The van der Waals surface area contributed by atoms with Crippen molar-refractivity contribution in [2.24, 2.45) is 11.7 Å². The van der Waals surface area contributed by atoms with Crippen LogP contribution in [0.25, 0.3) is 0 Å². The third-order valence-corrected chi connectivity index (χ3v) is 4.19. The largest absolute Gasteiger partial charge is 0.382 e. The number of nitrogens with one attached hydrogen (secondary N) is 1. The molecule has 3 N–H and O–H groups in total. The highest BCUT2D eigenvalue weighted by Gasteiger charge is 2.34. The Labute approximate surface area is 97.2 Å². The fraction of sp³-hybridized carbons (Fsp3) is 0.571. The second kappa shape index (κ2) is 4.10. The van der Waals surface area contributed by atoms with Crippen LogP contribution in [0.15, 0.2) is 24.3 Å². The normalized spacial score (nSPS) is 33.2. The third-order valence-electron chi connectivity index (χ3n) is 4.19. The lowest BCUT2D eigenvalue weighted by Gasteiger charge is -2.38. The molecule has 1 aromatic rings. The van der Waals surface area contributed by atoms with E-state index in [4.69, 9.17) is 5.73 Å². The summed E-state index contributed by atoms with van der Waals surface area (Å²) in [5, 5.41) is 3.69. The van der Waals surface area contributed by atoms with Gasteiger partial charge in [-0.1, -0.05) is 37.5 Å². The summed E-state index contributed by atoms with van der Waals surface area (Å²) in [5.74, 6) is 0.636. The average Bonchev–Trinajstić information content (AvgIpc) is 2.55. The second-order valence-corrected chi connectivity index (χ2v) is 5.17. The molecule has 16 heavy (non-hydrogen) atoms. The van der Waals surface area contributed by atoms with Gasteiger partial charge in [0.2, 0.25) is 0 Å². The maximum absolute atomic E-state index is 6.43. The van der Waals surface area contributed by atoms with Crippen molar-refractivity contribution in [3.63, 3.8) is 0 Å². The van der Waals surface area contributed by atoms with E-state index in [2.05, 4.69) is 29.6 Å². The molecule has 1 aliphatic heterocycles. The Morgan fingerprint density at radius 3 is 2.81 bits per heavy atom. The summed E-state index contributed by atoms with van der Waals surface area (Å²) in [6.45, 7) is 0. The molecule has 2 aliphatic rings. The standard InChI is InChI=1S/C14H20N2/c15-14-10-6-2-1-3-8-12(10)16-13-9-5-4-7-11(13)14/h4-5,7,9-10,12,14,16H,1-3,6,8,15H2. The number of benzene rings is 1. The Bertz CT molecular complexity index is 375. The topological polar surface area (TPSA) is 38.0 Å². The molecule has 1 heterocycles. The van der Waals surface area contributed by atoms with E-state index in [9.17, 15) is 0 Å². The molecule has 3 rings (SSSR count). The number of anilines is 1. The number of nitrogens with two attached hydrogens (primary N) is 1. The lowest BCUT2D eigenvalue weighted by atomic mass is 9.80. The van der Waals surface area contributed by atoms with Crippen LogP contribution in [-0.4, -0.2) is 6.04 Å². The fourth-order valence-corrected chi connectivity index (χ4v) is 3.29. The average molecular weight is 216 g/mol. The van der Waals surface area contributed by atoms with Gasteiger partial charge in [-0.25, -0.2) is 0 Å². The Kier molecular flexibility index (Phi) is 2.60. The van der Waals surface area contributed by atoms with Gasteiger partial charge in [-0.3, -0.25) is 0 Å². The summed E-state index contributed by atoms with van der Waals surface area (Å²) in [5.41, 5.74) is 9.00. The zero-order valence-corrected chi connectivity index (χ0v) is 9.65. The summed E-state index contributed by atoms with van der Waals surface area (Å²) in [4.78, 5) is 0. The van der Waals surface area contributed by atoms with Gasteiger partial charge in [0, 0.05) is 17.8 Å². The Hall–Kier alpha value is -1.02. The SMILES string of the molecule is NC1c2ccccc2NC2CCCCCC21. The maximum Gasteiger partial charge on any atom is 0.0390 e. The van der Waals surface area contributed by atoms with Gasteiger partial charge in [-0.2, -0.15) is 0 Å². The minimum Gasteiger partial charge on any atom is -0.382 e. The molecule has 1 fully saturated rings. The first-order valence-electron chi connectivity index (χ1n) is 6.47. The van der Waals surface area contributed by atoms with Crippen LogP contribution in [0.4, 0.5) is 5.69 Å². The highest BCUT2D eigenvalue weighted by molar-refractivity contribution is 5.56. The predicted molar refractivity (Wildman–Crippen MR) is 67.4 cm³/mol. The van der Waals surface area contributed by atoms with E-state index in [1.54, 1.807) is 0 Å². The highest BCUT2D eigenvalue weighted by Crippen LogP contribution is 2.40. The molecule has 0 aromatic heterocycles. The molecule has 2 nitrogen and oxygen atoms in total. The quantitative estimate of drug-likeness (QED) is 0.699. The van der Waals surface area contributed by atoms with Crippen LogP contribution in [0.1, 0.15) is 43.7 Å². The van der Waals surface area contributed by atoms with Crippen LogP contribution < -0.4 is 11.1 Å². The van der Waals surface area contributed by atoms with Crippen molar-refractivity contribution in [1.29, 1.82) is 0 Å². The number of rotatable bonds is 0. The van der Waals surface area contributed by atoms with Gasteiger partial charge in [-0.15, -0.1) is 0 Å². The van der Waals surface area contributed by atoms with E-state index >= 15 is 0 Å². The van der Waals surface area contributed by atoms with Gasteiger partial charge in [0.1, 0.15) is 0 Å². The Morgan fingerprint density at radius 1 is 1.06 bits per heavy atom. The molecule has 3 unspecified atom stereocenters. The van der Waals surface area contributed by atoms with Gasteiger partial charge in [0.15, 0.2) is 0 Å². The van der Waals surface area contributed by atoms with Crippen LogP contribution in [0, 0.1) is 5.92 Å². The number of para-hydroxylation sites is 1. The maximum atomic E-state index is 6.43. The smallest absolute Gasteiger partial charge is 0.0390 e. The monoisotopic (exact) mass is 216 g/mol. The Balaban J connectivity index is 1.95. The van der Waals surface area contributed by atoms with E-state index < -0.39 is 0 Å². The minimum absolute atomic E-state index is 0.237. The van der Waals surface area contributed by atoms with Gasteiger partial charge in [0.25, 0.3) is 0 Å². The molecule has 0 spiro atoms. The van der Waals surface area contributed by atoms with Crippen LogP contribution >= 0.6 is 0 Å². The van der Waals surface area contributed by atoms with Crippen LogP contribution in [0.5, 0.6) is 0 Å².